The number of esters is 1. The van der Waals surface area contributed by atoms with E-state index in [9.17, 15) is 14.4 Å². The van der Waals surface area contributed by atoms with Gasteiger partial charge in [0.15, 0.2) is 0 Å². The molecule has 3 amide bonds. The van der Waals surface area contributed by atoms with Crippen molar-refractivity contribution < 1.29 is 19.1 Å². The molecule has 7 heteroatoms. The third-order valence-corrected chi connectivity index (χ3v) is 4.78. The quantitative estimate of drug-likeness (QED) is 0.573. The maximum Gasteiger partial charge on any atom is 0.331 e. The summed E-state index contributed by atoms with van der Waals surface area (Å²) in [5.41, 5.74) is 0.737. The first-order valence-electron chi connectivity index (χ1n) is 10.4. The number of benzene rings is 2. The molecule has 0 heterocycles. The maximum absolute atomic E-state index is 12.5. The summed E-state index contributed by atoms with van der Waals surface area (Å²) in [5, 5.41) is 5.52. The molecule has 0 aliphatic rings. The van der Waals surface area contributed by atoms with E-state index in [0.29, 0.717) is 13.0 Å². The lowest BCUT2D eigenvalue weighted by molar-refractivity contribution is -0.152. The first kappa shape index (κ1) is 23.9. The predicted octanol–water partition coefficient (Wildman–Crippen LogP) is 2.90. The highest BCUT2D eigenvalue weighted by molar-refractivity contribution is 5.88. The van der Waals surface area contributed by atoms with Crippen molar-refractivity contribution >= 4 is 17.9 Å². The predicted molar refractivity (Wildman–Crippen MR) is 119 cm³/mol. The Morgan fingerprint density at radius 2 is 1.55 bits per heavy atom. The normalized spacial score (nSPS) is 12.4. The molecule has 2 N–H and O–H groups in total. The summed E-state index contributed by atoms with van der Waals surface area (Å²) >= 11 is 0. The molecular weight excluding hydrogens is 394 g/mol. The second-order valence-electron chi connectivity index (χ2n) is 7.59. The summed E-state index contributed by atoms with van der Waals surface area (Å²) in [4.78, 5) is 38.9. The molecule has 7 nitrogen and oxygen atoms in total. The van der Waals surface area contributed by atoms with Crippen molar-refractivity contribution in [3.63, 3.8) is 0 Å². The fourth-order valence-corrected chi connectivity index (χ4v) is 3.18. The zero-order valence-corrected chi connectivity index (χ0v) is 18.4. The van der Waals surface area contributed by atoms with Crippen LogP contribution in [0.3, 0.4) is 0 Å². The number of amides is 3. The third-order valence-electron chi connectivity index (χ3n) is 4.78. The van der Waals surface area contributed by atoms with E-state index in [4.69, 9.17) is 4.74 Å². The van der Waals surface area contributed by atoms with Gasteiger partial charge >= 0.3 is 12.0 Å². The van der Waals surface area contributed by atoms with Crippen molar-refractivity contribution in [3.8, 4) is 0 Å². The van der Waals surface area contributed by atoms with Crippen LogP contribution in [0.2, 0.25) is 0 Å². The first-order valence-corrected chi connectivity index (χ1v) is 10.4. The van der Waals surface area contributed by atoms with Gasteiger partial charge in [0.05, 0.1) is 6.61 Å². The molecule has 0 unspecified atom stereocenters. The number of nitrogens with zero attached hydrogens (tertiary/aromatic N) is 1. The minimum atomic E-state index is -1.19. The standard InChI is InChI=1S/C24H31N3O4/c1-4-31-22(29)24(2,17-19-11-7-5-8-12-19)26-21(28)15-16-25-23(30)27(3)18-20-13-9-6-10-14-20/h5-14H,4,15-18H2,1-3H3,(H,25,30)(H,26,28)/t24-/m0/s1. The van der Waals surface area contributed by atoms with Crippen LogP contribution in [-0.4, -0.2) is 48.5 Å². The Labute approximate surface area is 183 Å². The van der Waals surface area contributed by atoms with E-state index < -0.39 is 11.5 Å². The van der Waals surface area contributed by atoms with E-state index in [-0.39, 0.29) is 31.5 Å². The SMILES string of the molecule is CCOC(=O)[C@](C)(Cc1ccccc1)NC(=O)CCNC(=O)N(C)Cc1ccccc1. The molecule has 2 aromatic rings. The Bertz CT molecular complexity index is 858. The smallest absolute Gasteiger partial charge is 0.331 e. The Morgan fingerprint density at radius 3 is 2.13 bits per heavy atom. The molecular formula is C24H31N3O4. The highest BCUT2D eigenvalue weighted by Crippen LogP contribution is 2.16. The lowest BCUT2D eigenvalue weighted by atomic mass is 9.92. The Morgan fingerprint density at radius 1 is 0.968 bits per heavy atom. The van der Waals surface area contributed by atoms with Crippen LogP contribution >= 0.6 is 0 Å². The summed E-state index contributed by atoms with van der Waals surface area (Å²) in [6, 6.07) is 18.8. The lowest BCUT2D eigenvalue weighted by Gasteiger charge is -2.29. The number of nitrogens with one attached hydrogen (secondary N) is 2. The number of hydrogen-bond acceptors (Lipinski definition) is 4. The lowest BCUT2D eigenvalue weighted by Crippen LogP contribution is -2.55. The Kier molecular flexibility index (Phi) is 9.06. The van der Waals surface area contributed by atoms with E-state index in [1.54, 1.807) is 25.8 Å². The van der Waals surface area contributed by atoms with Gasteiger partial charge in [-0.05, 0) is 25.0 Å². The number of rotatable bonds is 10. The molecule has 0 aliphatic carbocycles. The summed E-state index contributed by atoms with van der Waals surface area (Å²) in [6.45, 7) is 4.24. The molecule has 0 saturated carbocycles. The Hall–Kier alpha value is -3.35. The van der Waals surface area contributed by atoms with Crippen molar-refractivity contribution in [3.05, 3.63) is 71.8 Å². The van der Waals surface area contributed by atoms with E-state index in [1.807, 2.05) is 60.7 Å². The fourth-order valence-electron chi connectivity index (χ4n) is 3.18. The average molecular weight is 426 g/mol. The molecule has 0 spiro atoms. The van der Waals surface area contributed by atoms with E-state index in [1.165, 1.54) is 0 Å². The van der Waals surface area contributed by atoms with Crippen molar-refractivity contribution in [2.45, 2.75) is 38.8 Å². The number of ether oxygens (including phenoxy) is 1. The van der Waals surface area contributed by atoms with Gasteiger partial charge in [-0.1, -0.05) is 60.7 Å². The second-order valence-corrected chi connectivity index (χ2v) is 7.59. The number of hydrogen-bond donors (Lipinski definition) is 2. The zero-order chi connectivity index (χ0) is 22.7. The molecule has 0 fully saturated rings. The van der Waals surface area contributed by atoms with Gasteiger partial charge in [0.25, 0.3) is 0 Å². The van der Waals surface area contributed by atoms with Crippen molar-refractivity contribution in [1.29, 1.82) is 0 Å². The summed E-state index contributed by atoms with van der Waals surface area (Å²) in [7, 11) is 1.69. The number of carbonyl (C=O) groups excluding carboxylic acids is 3. The molecule has 2 aromatic carbocycles. The van der Waals surface area contributed by atoms with Crippen LogP contribution in [-0.2, 0) is 27.3 Å². The Balaban J connectivity index is 1.87. The minimum absolute atomic E-state index is 0.0503. The van der Waals surface area contributed by atoms with E-state index in [2.05, 4.69) is 10.6 Å². The fraction of sp³-hybridized carbons (Fsp3) is 0.375. The summed E-state index contributed by atoms with van der Waals surface area (Å²) < 4.78 is 5.18. The molecule has 0 aromatic heterocycles. The molecule has 0 saturated heterocycles. The first-order chi connectivity index (χ1) is 14.8. The molecule has 166 valence electrons. The van der Waals surface area contributed by atoms with Crippen LogP contribution in [0.15, 0.2) is 60.7 Å². The van der Waals surface area contributed by atoms with Gasteiger partial charge in [0, 0.05) is 33.0 Å². The third kappa shape index (κ3) is 7.77. The number of urea groups is 1. The van der Waals surface area contributed by atoms with E-state index >= 15 is 0 Å². The largest absolute Gasteiger partial charge is 0.464 e. The number of carbonyl (C=O) groups is 3. The monoisotopic (exact) mass is 425 g/mol. The van der Waals surface area contributed by atoms with Gasteiger partial charge in [-0.25, -0.2) is 9.59 Å². The summed E-state index contributed by atoms with van der Waals surface area (Å²) in [5.74, 6) is -0.823. The molecule has 0 radical (unpaired) electrons. The van der Waals surface area contributed by atoms with Crippen molar-refractivity contribution in [2.75, 3.05) is 20.2 Å². The highest BCUT2D eigenvalue weighted by atomic mass is 16.5. The van der Waals surface area contributed by atoms with Gasteiger partial charge in [0.1, 0.15) is 5.54 Å². The molecule has 0 bridgehead atoms. The van der Waals surface area contributed by atoms with Gasteiger partial charge in [0.2, 0.25) is 5.91 Å². The van der Waals surface area contributed by atoms with Gasteiger partial charge in [-0.2, -0.15) is 0 Å². The van der Waals surface area contributed by atoms with Crippen LogP contribution in [0.4, 0.5) is 4.79 Å². The zero-order valence-electron chi connectivity index (χ0n) is 18.4. The average Bonchev–Trinajstić information content (AvgIpc) is 2.75. The van der Waals surface area contributed by atoms with Crippen molar-refractivity contribution in [1.82, 2.24) is 15.5 Å². The van der Waals surface area contributed by atoms with Gasteiger partial charge in [-0.15, -0.1) is 0 Å². The molecule has 2 rings (SSSR count). The molecule has 0 aliphatic heterocycles. The summed E-state index contributed by atoms with van der Waals surface area (Å²) in [6.07, 6.45) is 0.360. The highest BCUT2D eigenvalue weighted by Gasteiger charge is 2.36. The van der Waals surface area contributed by atoms with Crippen LogP contribution in [0, 0.1) is 0 Å². The molecule has 1 atom stereocenters. The van der Waals surface area contributed by atoms with Gasteiger partial charge < -0.3 is 20.3 Å². The molecule has 31 heavy (non-hydrogen) atoms. The van der Waals surface area contributed by atoms with Crippen LogP contribution in [0.1, 0.15) is 31.4 Å². The topological polar surface area (TPSA) is 87.7 Å². The van der Waals surface area contributed by atoms with Crippen molar-refractivity contribution in [2.24, 2.45) is 0 Å². The maximum atomic E-state index is 12.5. The van der Waals surface area contributed by atoms with Gasteiger partial charge in [-0.3, -0.25) is 4.79 Å². The minimum Gasteiger partial charge on any atom is -0.464 e. The van der Waals surface area contributed by atoms with Crippen LogP contribution < -0.4 is 10.6 Å². The van der Waals surface area contributed by atoms with Crippen LogP contribution in [0.5, 0.6) is 0 Å². The van der Waals surface area contributed by atoms with Crippen LogP contribution in [0.25, 0.3) is 0 Å². The van der Waals surface area contributed by atoms with E-state index in [0.717, 1.165) is 11.1 Å². The second kappa shape index (κ2) is 11.7.